The van der Waals surface area contributed by atoms with Crippen LogP contribution in [0.2, 0.25) is 0 Å². The SMILES string of the molecule is CCOC1CCN(C(=O)c2c(C)nn3c(C)cc(C)nc23)CC1. The second-order valence-electron chi connectivity index (χ2n) is 6.18. The van der Waals surface area contributed by atoms with Crippen molar-refractivity contribution in [2.45, 2.75) is 46.6 Å². The highest BCUT2D eigenvalue weighted by atomic mass is 16.5. The van der Waals surface area contributed by atoms with Gasteiger partial charge in [0, 0.05) is 31.1 Å². The van der Waals surface area contributed by atoms with Crippen molar-refractivity contribution < 1.29 is 9.53 Å². The van der Waals surface area contributed by atoms with Crippen LogP contribution < -0.4 is 0 Å². The van der Waals surface area contributed by atoms with Crippen LogP contribution in [0.5, 0.6) is 0 Å². The number of rotatable bonds is 3. The molecule has 0 N–H and O–H groups in total. The lowest BCUT2D eigenvalue weighted by atomic mass is 10.1. The molecule has 0 aromatic carbocycles. The first kappa shape index (κ1) is 15.9. The third-order valence-electron chi connectivity index (χ3n) is 4.42. The largest absolute Gasteiger partial charge is 0.378 e. The summed E-state index contributed by atoms with van der Waals surface area (Å²) in [5, 5.41) is 4.50. The summed E-state index contributed by atoms with van der Waals surface area (Å²) in [7, 11) is 0. The Balaban J connectivity index is 1.89. The Morgan fingerprint density at radius 2 is 2.00 bits per heavy atom. The van der Waals surface area contributed by atoms with Crippen LogP contribution >= 0.6 is 0 Å². The molecule has 6 heteroatoms. The summed E-state index contributed by atoms with van der Waals surface area (Å²) in [5.41, 5.74) is 3.93. The molecule has 0 bridgehead atoms. The minimum atomic E-state index is 0.0324. The Morgan fingerprint density at radius 1 is 1.30 bits per heavy atom. The molecule has 124 valence electrons. The van der Waals surface area contributed by atoms with Gasteiger partial charge in [-0.15, -0.1) is 0 Å². The van der Waals surface area contributed by atoms with Gasteiger partial charge in [0.1, 0.15) is 5.56 Å². The van der Waals surface area contributed by atoms with Gasteiger partial charge in [0.25, 0.3) is 5.91 Å². The number of hydrogen-bond acceptors (Lipinski definition) is 4. The fourth-order valence-electron chi connectivity index (χ4n) is 3.30. The molecule has 1 amide bonds. The molecule has 3 heterocycles. The fraction of sp³-hybridized carbons (Fsp3) is 0.588. The van der Waals surface area contributed by atoms with E-state index in [4.69, 9.17) is 4.74 Å². The predicted molar refractivity (Wildman–Crippen MR) is 87.7 cm³/mol. The average Bonchev–Trinajstić information content (AvgIpc) is 2.84. The molecule has 0 aliphatic carbocycles. The first-order valence-corrected chi connectivity index (χ1v) is 8.25. The summed E-state index contributed by atoms with van der Waals surface area (Å²) < 4.78 is 7.43. The third-order valence-corrected chi connectivity index (χ3v) is 4.42. The van der Waals surface area contributed by atoms with E-state index in [9.17, 15) is 4.79 Å². The first-order chi connectivity index (χ1) is 11.0. The van der Waals surface area contributed by atoms with Gasteiger partial charge in [-0.1, -0.05) is 0 Å². The van der Waals surface area contributed by atoms with Gasteiger partial charge < -0.3 is 9.64 Å². The van der Waals surface area contributed by atoms with Crippen molar-refractivity contribution in [3.63, 3.8) is 0 Å². The Kier molecular flexibility index (Phi) is 4.35. The zero-order valence-electron chi connectivity index (χ0n) is 14.3. The van der Waals surface area contributed by atoms with Gasteiger partial charge in [-0.25, -0.2) is 9.50 Å². The van der Waals surface area contributed by atoms with E-state index in [1.165, 1.54) is 0 Å². The van der Waals surface area contributed by atoms with Crippen molar-refractivity contribution in [1.29, 1.82) is 0 Å². The lowest BCUT2D eigenvalue weighted by Gasteiger charge is -2.31. The Morgan fingerprint density at radius 3 is 2.65 bits per heavy atom. The molecule has 23 heavy (non-hydrogen) atoms. The maximum atomic E-state index is 13.0. The Labute approximate surface area is 136 Å². The number of carbonyl (C=O) groups is 1. The molecular formula is C17H24N4O2. The highest BCUT2D eigenvalue weighted by Gasteiger charge is 2.28. The molecule has 0 radical (unpaired) electrons. The Bertz CT molecular complexity index is 730. The van der Waals surface area contributed by atoms with Crippen LogP contribution in [-0.4, -0.2) is 51.2 Å². The molecular weight excluding hydrogens is 292 g/mol. The van der Waals surface area contributed by atoms with Crippen molar-refractivity contribution in [1.82, 2.24) is 19.5 Å². The van der Waals surface area contributed by atoms with Gasteiger partial charge in [-0.05, 0) is 46.6 Å². The number of fused-ring (bicyclic) bond motifs is 1. The number of aryl methyl sites for hydroxylation is 3. The summed E-state index contributed by atoms with van der Waals surface area (Å²) in [5.74, 6) is 0.0324. The molecule has 2 aromatic rings. The van der Waals surface area contributed by atoms with Gasteiger partial charge in [0.05, 0.1) is 11.8 Å². The van der Waals surface area contributed by atoms with Crippen LogP contribution in [0.4, 0.5) is 0 Å². The number of piperidine rings is 1. The van der Waals surface area contributed by atoms with Crippen molar-refractivity contribution >= 4 is 11.6 Å². The van der Waals surface area contributed by atoms with E-state index in [1.807, 2.05) is 38.7 Å². The highest BCUT2D eigenvalue weighted by molar-refractivity contribution is 6.01. The summed E-state index contributed by atoms with van der Waals surface area (Å²) in [6.45, 7) is 10.00. The molecule has 1 aliphatic heterocycles. The molecule has 0 unspecified atom stereocenters. The van der Waals surface area contributed by atoms with Gasteiger partial charge in [0.15, 0.2) is 5.65 Å². The number of likely N-dealkylation sites (tertiary alicyclic amines) is 1. The molecule has 1 saturated heterocycles. The van der Waals surface area contributed by atoms with E-state index in [2.05, 4.69) is 10.1 Å². The van der Waals surface area contributed by atoms with Crippen molar-refractivity contribution in [3.05, 3.63) is 28.7 Å². The summed E-state index contributed by atoms with van der Waals surface area (Å²) >= 11 is 0. The lowest BCUT2D eigenvalue weighted by molar-refractivity contribution is 0.0146. The van der Waals surface area contributed by atoms with Crippen LogP contribution in [0.3, 0.4) is 0 Å². The number of amides is 1. The van der Waals surface area contributed by atoms with Gasteiger partial charge >= 0.3 is 0 Å². The Hall–Kier alpha value is -1.95. The van der Waals surface area contributed by atoms with Gasteiger partial charge in [-0.3, -0.25) is 4.79 Å². The zero-order valence-corrected chi connectivity index (χ0v) is 14.3. The highest BCUT2D eigenvalue weighted by Crippen LogP contribution is 2.21. The molecule has 0 atom stereocenters. The maximum Gasteiger partial charge on any atom is 0.259 e. The number of nitrogens with zero attached hydrogens (tertiary/aromatic N) is 4. The number of hydrogen-bond donors (Lipinski definition) is 0. The normalized spacial score (nSPS) is 16.3. The molecule has 6 nitrogen and oxygen atoms in total. The zero-order chi connectivity index (χ0) is 16.6. The summed E-state index contributed by atoms with van der Waals surface area (Å²) in [6.07, 6.45) is 2.06. The molecule has 1 aliphatic rings. The molecule has 0 spiro atoms. The monoisotopic (exact) mass is 316 g/mol. The number of ether oxygens (including phenoxy) is 1. The predicted octanol–water partition coefficient (Wildman–Crippen LogP) is 2.30. The van der Waals surface area contributed by atoms with Crippen LogP contribution in [0.15, 0.2) is 6.07 Å². The van der Waals surface area contributed by atoms with E-state index in [0.717, 1.165) is 49.6 Å². The number of aromatic nitrogens is 3. The van der Waals surface area contributed by atoms with E-state index in [1.54, 1.807) is 4.52 Å². The first-order valence-electron chi connectivity index (χ1n) is 8.25. The topological polar surface area (TPSA) is 59.7 Å². The quantitative estimate of drug-likeness (QED) is 0.872. The van der Waals surface area contributed by atoms with E-state index >= 15 is 0 Å². The van der Waals surface area contributed by atoms with Crippen LogP contribution in [0.1, 0.15) is 47.2 Å². The molecule has 3 rings (SSSR count). The second kappa shape index (κ2) is 6.28. The van der Waals surface area contributed by atoms with Crippen molar-refractivity contribution in [2.24, 2.45) is 0 Å². The average molecular weight is 316 g/mol. The lowest BCUT2D eigenvalue weighted by Crippen LogP contribution is -2.41. The van der Waals surface area contributed by atoms with Crippen LogP contribution in [0.25, 0.3) is 5.65 Å². The van der Waals surface area contributed by atoms with E-state index < -0.39 is 0 Å². The van der Waals surface area contributed by atoms with E-state index in [-0.39, 0.29) is 12.0 Å². The maximum absolute atomic E-state index is 13.0. The smallest absolute Gasteiger partial charge is 0.259 e. The van der Waals surface area contributed by atoms with Gasteiger partial charge in [-0.2, -0.15) is 5.10 Å². The number of carbonyl (C=O) groups excluding carboxylic acids is 1. The molecule has 2 aromatic heterocycles. The second-order valence-corrected chi connectivity index (χ2v) is 6.18. The fourth-order valence-corrected chi connectivity index (χ4v) is 3.30. The van der Waals surface area contributed by atoms with Crippen LogP contribution in [-0.2, 0) is 4.74 Å². The standard InChI is InChI=1S/C17H24N4O2/c1-5-23-14-6-8-20(9-7-14)17(22)15-13(4)19-21-12(3)10-11(2)18-16(15)21/h10,14H,5-9H2,1-4H3. The third kappa shape index (κ3) is 2.95. The summed E-state index contributed by atoms with van der Waals surface area (Å²) in [6, 6.07) is 1.97. The minimum absolute atomic E-state index is 0.0324. The minimum Gasteiger partial charge on any atom is -0.378 e. The molecule has 1 fully saturated rings. The van der Waals surface area contributed by atoms with Gasteiger partial charge in [0.2, 0.25) is 0 Å². The summed E-state index contributed by atoms with van der Waals surface area (Å²) in [4.78, 5) is 19.4. The van der Waals surface area contributed by atoms with Crippen LogP contribution in [0, 0.1) is 20.8 Å². The molecule has 0 saturated carbocycles. The van der Waals surface area contributed by atoms with Crippen molar-refractivity contribution in [3.8, 4) is 0 Å². The van der Waals surface area contributed by atoms with Crippen molar-refractivity contribution in [2.75, 3.05) is 19.7 Å². The van der Waals surface area contributed by atoms with E-state index in [0.29, 0.717) is 11.2 Å².